The molecule has 0 bridgehead atoms. The Kier molecular flexibility index (Phi) is 4.81. The molecule has 1 aromatic carbocycles. The van der Waals surface area contributed by atoms with Crippen LogP contribution in [0.2, 0.25) is 0 Å². The zero-order valence-corrected chi connectivity index (χ0v) is 13.7. The molecule has 0 unspecified atom stereocenters. The highest BCUT2D eigenvalue weighted by Gasteiger charge is 2.31. The van der Waals surface area contributed by atoms with Crippen LogP contribution in [0.3, 0.4) is 0 Å². The fourth-order valence-corrected chi connectivity index (χ4v) is 2.75. The minimum atomic E-state index is -4.61. The molecule has 26 heavy (non-hydrogen) atoms. The van der Waals surface area contributed by atoms with Gasteiger partial charge in [0.25, 0.3) is 0 Å². The smallest absolute Gasteiger partial charge is 0.246 e. The van der Waals surface area contributed by atoms with Crippen molar-refractivity contribution >= 4 is 23.1 Å². The molecule has 0 radical (unpaired) electrons. The molecule has 2 heterocycles. The Hall–Kier alpha value is -3.06. The molecular weight excluding hydrogens is 370 g/mol. The van der Waals surface area contributed by atoms with E-state index in [1.54, 1.807) is 11.6 Å². The summed E-state index contributed by atoms with van der Waals surface area (Å²) < 4.78 is 53.0. The molecule has 0 atom stereocenters. The van der Waals surface area contributed by atoms with E-state index in [4.69, 9.17) is 0 Å². The van der Waals surface area contributed by atoms with Crippen LogP contribution < -0.4 is 0 Å². The molecule has 10 heteroatoms. The highest BCUT2D eigenvalue weighted by atomic mass is 32.1. The van der Waals surface area contributed by atoms with Crippen LogP contribution in [0, 0.1) is 11.3 Å². The summed E-state index contributed by atoms with van der Waals surface area (Å²) in [4.78, 5) is 7.95. The van der Waals surface area contributed by atoms with Crippen LogP contribution in [-0.2, 0) is 12.9 Å². The van der Waals surface area contributed by atoms with Gasteiger partial charge in [0.05, 0.1) is 11.8 Å². The predicted octanol–water partition coefficient (Wildman–Crippen LogP) is 4.41. The van der Waals surface area contributed by atoms with Crippen molar-refractivity contribution in [1.29, 1.82) is 5.26 Å². The van der Waals surface area contributed by atoms with E-state index >= 15 is 0 Å². The van der Waals surface area contributed by atoms with Crippen molar-refractivity contribution in [3.8, 4) is 17.5 Å². The Bertz CT molecular complexity index is 983. The third-order valence-electron chi connectivity index (χ3n) is 3.29. The molecular formula is C16H9F4N5S. The first-order valence-corrected chi connectivity index (χ1v) is 7.99. The lowest BCUT2D eigenvalue weighted by molar-refractivity contribution is -0.137. The standard InChI is InChI=1S/C16H9F4N5S/c17-6-10-3-11(5-13(4-10)16(18,19)20)14-23-9-25(24-14)8-12(7-21)15-22-1-2-26-15/h1-5,8-9H,6H2/b12-8-. The maximum absolute atomic E-state index is 13.0. The summed E-state index contributed by atoms with van der Waals surface area (Å²) in [6, 6.07) is 4.83. The Labute approximate surface area is 148 Å². The molecule has 2 aromatic heterocycles. The zero-order valence-electron chi connectivity index (χ0n) is 12.9. The maximum atomic E-state index is 13.0. The van der Waals surface area contributed by atoms with Crippen molar-refractivity contribution < 1.29 is 17.6 Å². The fraction of sp³-hybridized carbons (Fsp3) is 0.125. The lowest BCUT2D eigenvalue weighted by Gasteiger charge is -2.09. The van der Waals surface area contributed by atoms with Gasteiger partial charge in [-0.25, -0.2) is 19.0 Å². The molecule has 3 aromatic rings. The average molecular weight is 379 g/mol. The van der Waals surface area contributed by atoms with Gasteiger partial charge >= 0.3 is 6.18 Å². The quantitative estimate of drug-likeness (QED) is 0.497. The summed E-state index contributed by atoms with van der Waals surface area (Å²) >= 11 is 1.26. The van der Waals surface area contributed by atoms with E-state index in [2.05, 4.69) is 15.1 Å². The topological polar surface area (TPSA) is 67.4 Å². The Balaban J connectivity index is 1.99. The van der Waals surface area contributed by atoms with Gasteiger partial charge in [-0.15, -0.1) is 16.4 Å². The number of thiazole rings is 1. The predicted molar refractivity (Wildman–Crippen MR) is 87.2 cm³/mol. The minimum absolute atomic E-state index is 0.0153. The molecule has 0 aliphatic carbocycles. The number of aromatic nitrogens is 4. The number of rotatable bonds is 4. The summed E-state index contributed by atoms with van der Waals surface area (Å²) in [5.41, 5.74) is -0.838. The van der Waals surface area contributed by atoms with Gasteiger partial charge in [0.2, 0.25) is 0 Å². The molecule has 0 aliphatic heterocycles. The molecule has 0 aliphatic rings. The average Bonchev–Trinajstić information content (AvgIpc) is 3.30. The third-order valence-corrected chi connectivity index (χ3v) is 4.09. The molecule has 0 saturated carbocycles. The molecule has 0 amide bonds. The first-order valence-electron chi connectivity index (χ1n) is 7.11. The zero-order chi connectivity index (χ0) is 18.7. The van der Waals surface area contributed by atoms with Crippen LogP contribution in [-0.4, -0.2) is 19.7 Å². The lowest BCUT2D eigenvalue weighted by atomic mass is 10.1. The van der Waals surface area contributed by atoms with Crippen LogP contribution in [0.15, 0.2) is 36.1 Å². The number of hydrogen-bond acceptors (Lipinski definition) is 5. The molecule has 0 spiro atoms. The number of allylic oxidation sites excluding steroid dienone is 1. The van der Waals surface area contributed by atoms with E-state index in [0.29, 0.717) is 5.01 Å². The van der Waals surface area contributed by atoms with Gasteiger partial charge in [0, 0.05) is 17.1 Å². The SMILES string of the molecule is N#C/C(=C/n1cnc(-c2cc(CF)cc(C(F)(F)F)c2)n1)c1nccs1. The van der Waals surface area contributed by atoms with Crippen molar-refractivity contribution in [3.63, 3.8) is 0 Å². The van der Waals surface area contributed by atoms with Crippen LogP contribution in [0.5, 0.6) is 0 Å². The summed E-state index contributed by atoms with van der Waals surface area (Å²) in [5.74, 6) is -0.0153. The Morgan fingerprint density at radius 1 is 1.27 bits per heavy atom. The molecule has 3 rings (SSSR count). The Morgan fingerprint density at radius 3 is 2.69 bits per heavy atom. The molecule has 5 nitrogen and oxygen atoms in total. The van der Waals surface area contributed by atoms with Crippen LogP contribution >= 0.6 is 11.3 Å². The van der Waals surface area contributed by atoms with Gasteiger partial charge in [0.1, 0.15) is 29.7 Å². The van der Waals surface area contributed by atoms with Crippen molar-refractivity contribution in [2.75, 3.05) is 0 Å². The fourth-order valence-electron chi connectivity index (χ4n) is 2.15. The van der Waals surface area contributed by atoms with E-state index in [0.717, 1.165) is 12.1 Å². The van der Waals surface area contributed by atoms with E-state index in [1.165, 1.54) is 34.6 Å². The van der Waals surface area contributed by atoms with Crippen LogP contribution in [0.4, 0.5) is 17.6 Å². The summed E-state index contributed by atoms with van der Waals surface area (Å²) in [5, 5.41) is 15.4. The number of hydrogen-bond donors (Lipinski definition) is 0. The van der Waals surface area contributed by atoms with Crippen molar-refractivity contribution in [2.24, 2.45) is 0 Å². The maximum Gasteiger partial charge on any atom is 0.416 e. The first kappa shape index (κ1) is 17.8. The number of nitrogens with zero attached hydrogens (tertiary/aromatic N) is 5. The van der Waals surface area contributed by atoms with E-state index in [9.17, 15) is 22.8 Å². The van der Waals surface area contributed by atoms with Gasteiger partial charge in [0.15, 0.2) is 5.82 Å². The van der Waals surface area contributed by atoms with Gasteiger partial charge in [-0.05, 0) is 23.8 Å². The minimum Gasteiger partial charge on any atom is -0.246 e. The number of halogens is 4. The molecule has 132 valence electrons. The highest BCUT2D eigenvalue weighted by molar-refractivity contribution is 7.10. The van der Waals surface area contributed by atoms with Gasteiger partial charge in [-0.2, -0.15) is 18.4 Å². The van der Waals surface area contributed by atoms with Crippen molar-refractivity contribution in [3.05, 3.63) is 52.2 Å². The summed E-state index contributed by atoms with van der Waals surface area (Å²) in [6.07, 6.45) is -0.463. The van der Waals surface area contributed by atoms with E-state index < -0.39 is 18.4 Å². The third kappa shape index (κ3) is 3.78. The number of nitriles is 1. The summed E-state index contributed by atoms with van der Waals surface area (Å²) in [7, 11) is 0. The van der Waals surface area contributed by atoms with Gasteiger partial charge < -0.3 is 0 Å². The second-order valence-corrected chi connectivity index (χ2v) is 5.98. The molecule has 0 fully saturated rings. The van der Waals surface area contributed by atoms with Crippen LogP contribution in [0.1, 0.15) is 16.1 Å². The second-order valence-electron chi connectivity index (χ2n) is 5.09. The van der Waals surface area contributed by atoms with Gasteiger partial charge in [-0.1, -0.05) is 0 Å². The summed E-state index contributed by atoms with van der Waals surface area (Å²) in [6.45, 7) is -1.04. The second kappa shape index (κ2) is 7.05. The molecule has 0 saturated heterocycles. The monoisotopic (exact) mass is 379 g/mol. The first-order chi connectivity index (χ1) is 12.4. The van der Waals surface area contributed by atoms with Crippen molar-refractivity contribution in [2.45, 2.75) is 12.9 Å². The lowest BCUT2D eigenvalue weighted by Crippen LogP contribution is -2.06. The largest absolute Gasteiger partial charge is 0.416 e. The van der Waals surface area contributed by atoms with E-state index in [-0.39, 0.29) is 22.5 Å². The van der Waals surface area contributed by atoms with Gasteiger partial charge in [-0.3, -0.25) is 0 Å². The normalized spacial score (nSPS) is 12.2. The van der Waals surface area contributed by atoms with E-state index in [1.807, 2.05) is 6.07 Å². The Morgan fingerprint density at radius 2 is 2.08 bits per heavy atom. The highest BCUT2D eigenvalue weighted by Crippen LogP contribution is 2.33. The van der Waals surface area contributed by atoms with Crippen LogP contribution in [0.25, 0.3) is 23.2 Å². The number of benzene rings is 1. The molecule has 0 N–H and O–H groups in total. The van der Waals surface area contributed by atoms with Crippen molar-refractivity contribution in [1.82, 2.24) is 19.7 Å². The number of alkyl halides is 4.